The second-order valence-corrected chi connectivity index (χ2v) is 7.09. The van der Waals surface area contributed by atoms with Gasteiger partial charge in [0.1, 0.15) is 12.4 Å². The van der Waals surface area contributed by atoms with Crippen LogP contribution in [0, 0.1) is 5.92 Å². The molecule has 1 aliphatic heterocycles. The zero-order valence-electron chi connectivity index (χ0n) is 17.1. The molecule has 0 radical (unpaired) electrons. The van der Waals surface area contributed by atoms with E-state index in [2.05, 4.69) is 36.3 Å². The van der Waals surface area contributed by atoms with E-state index >= 15 is 0 Å². The Bertz CT molecular complexity index is 513. The van der Waals surface area contributed by atoms with Gasteiger partial charge in [0.15, 0.2) is 5.96 Å². The zero-order valence-corrected chi connectivity index (χ0v) is 17.1. The monoisotopic (exact) mass is 380 g/mol. The second-order valence-electron chi connectivity index (χ2n) is 7.09. The van der Waals surface area contributed by atoms with Gasteiger partial charge in [-0.05, 0) is 31.4 Å². The molecule has 0 bridgehead atoms. The van der Waals surface area contributed by atoms with Crippen LogP contribution in [0.2, 0.25) is 0 Å². The summed E-state index contributed by atoms with van der Waals surface area (Å²) >= 11 is 0. The lowest BCUT2D eigenvalue weighted by Gasteiger charge is -2.36. The highest BCUT2D eigenvalue weighted by Gasteiger charge is 2.23. The number of nitrogens with zero attached hydrogens (tertiary/aromatic N) is 2. The number of morpholine rings is 1. The van der Waals surface area contributed by atoms with Crippen molar-refractivity contribution in [2.45, 2.75) is 39.8 Å². The quantitative estimate of drug-likeness (QED) is 0.348. The van der Waals surface area contributed by atoms with Crippen molar-refractivity contribution < 1.29 is 13.9 Å². The standard InChI is InChI=1S/C20H36N4O3/c1-4-21-20(22-8-6-11-26-16-18-7-5-12-27-18)23-15-19(17(2)3)24-9-13-25-14-10-24/h5,7,12,17,19H,4,6,8-11,13-16H2,1-3H3,(H2,21,22,23). The average Bonchev–Trinajstić information content (AvgIpc) is 3.18. The number of hydrogen-bond acceptors (Lipinski definition) is 5. The summed E-state index contributed by atoms with van der Waals surface area (Å²) in [7, 11) is 0. The number of nitrogens with one attached hydrogen (secondary N) is 2. The lowest BCUT2D eigenvalue weighted by atomic mass is 10.0. The van der Waals surface area contributed by atoms with Crippen LogP contribution in [0.5, 0.6) is 0 Å². The summed E-state index contributed by atoms with van der Waals surface area (Å²) in [5.74, 6) is 2.30. The van der Waals surface area contributed by atoms with E-state index in [-0.39, 0.29) is 0 Å². The van der Waals surface area contributed by atoms with E-state index in [0.29, 0.717) is 25.2 Å². The molecule has 1 aliphatic rings. The topological polar surface area (TPSA) is 71.3 Å². The summed E-state index contributed by atoms with van der Waals surface area (Å²) < 4.78 is 16.4. The summed E-state index contributed by atoms with van der Waals surface area (Å²) in [5, 5.41) is 6.74. The van der Waals surface area contributed by atoms with Gasteiger partial charge in [-0.25, -0.2) is 0 Å². The first-order valence-electron chi connectivity index (χ1n) is 10.1. The largest absolute Gasteiger partial charge is 0.467 e. The Hall–Kier alpha value is -1.57. The van der Waals surface area contributed by atoms with Gasteiger partial charge in [-0.15, -0.1) is 0 Å². The first-order chi connectivity index (χ1) is 13.2. The van der Waals surface area contributed by atoms with Crippen LogP contribution >= 0.6 is 0 Å². The average molecular weight is 381 g/mol. The van der Waals surface area contributed by atoms with Crippen LogP contribution in [0.25, 0.3) is 0 Å². The summed E-state index contributed by atoms with van der Waals surface area (Å²) in [6, 6.07) is 4.25. The van der Waals surface area contributed by atoms with Crippen LogP contribution < -0.4 is 10.6 Å². The van der Waals surface area contributed by atoms with Crippen molar-refractivity contribution in [1.82, 2.24) is 15.5 Å². The molecule has 1 aromatic rings. The lowest BCUT2D eigenvalue weighted by Crippen LogP contribution is -2.48. The van der Waals surface area contributed by atoms with Crippen LogP contribution in [0.15, 0.2) is 27.8 Å². The van der Waals surface area contributed by atoms with Crippen molar-refractivity contribution in [3.8, 4) is 0 Å². The molecule has 2 N–H and O–H groups in total. The van der Waals surface area contributed by atoms with Crippen molar-refractivity contribution in [2.75, 3.05) is 52.5 Å². The zero-order chi connectivity index (χ0) is 19.3. The first-order valence-corrected chi connectivity index (χ1v) is 10.1. The summed E-state index contributed by atoms with van der Waals surface area (Å²) in [6.45, 7) is 14.0. The number of aliphatic imine (C=N–C) groups is 1. The molecular formula is C20H36N4O3. The summed E-state index contributed by atoms with van der Waals surface area (Å²) in [6.07, 6.45) is 2.59. The van der Waals surface area contributed by atoms with Gasteiger partial charge in [0.05, 0.1) is 26.0 Å². The van der Waals surface area contributed by atoms with E-state index < -0.39 is 0 Å². The number of rotatable bonds is 11. The third-order valence-corrected chi connectivity index (χ3v) is 4.65. The fraction of sp³-hybridized carbons (Fsp3) is 0.750. The highest BCUT2D eigenvalue weighted by atomic mass is 16.5. The Morgan fingerprint density at radius 1 is 1.30 bits per heavy atom. The Morgan fingerprint density at radius 2 is 2.11 bits per heavy atom. The molecule has 154 valence electrons. The van der Waals surface area contributed by atoms with Gasteiger partial charge in [-0.3, -0.25) is 9.89 Å². The minimum absolute atomic E-state index is 0.445. The molecule has 0 aromatic carbocycles. The normalized spacial score (nSPS) is 17.3. The lowest BCUT2D eigenvalue weighted by molar-refractivity contribution is 0.00867. The van der Waals surface area contributed by atoms with Crippen molar-refractivity contribution in [3.05, 3.63) is 24.2 Å². The molecule has 1 aromatic heterocycles. The highest BCUT2D eigenvalue weighted by molar-refractivity contribution is 5.79. The third kappa shape index (κ3) is 8.32. The van der Waals surface area contributed by atoms with Crippen LogP contribution in [-0.2, 0) is 16.1 Å². The van der Waals surface area contributed by atoms with Crippen LogP contribution in [0.4, 0.5) is 0 Å². The Labute approximate surface area is 163 Å². The number of guanidine groups is 1. The first kappa shape index (κ1) is 21.7. The fourth-order valence-electron chi connectivity index (χ4n) is 3.13. The number of hydrogen-bond donors (Lipinski definition) is 2. The highest BCUT2D eigenvalue weighted by Crippen LogP contribution is 2.13. The molecular weight excluding hydrogens is 344 g/mol. The molecule has 1 fully saturated rings. The maximum absolute atomic E-state index is 5.62. The van der Waals surface area contributed by atoms with Gasteiger partial charge in [0, 0.05) is 38.8 Å². The molecule has 1 unspecified atom stereocenters. The molecule has 0 saturated carbocycles. The van der Waals surface area contributed by atoms with E-state index in [0.717, 1.165) is 64.1 Å². The van der Waals surface area contributed by atoms with Gasteiger partial charge in [-0.1, -0.05) is 13.8 Å². The van der Waals surface area contributed by atoms with Gasteiger partial charge in [-0.2, -0.15) is 0 Å². The Morgan fingerprint density at radius 3 is 2.78 bits per heavy atom. The smallest absolute Gasteiger partial charge is 0.191 e. The summed E-state index contributed by atoms with van der Waals surface area (Å²) in [5.41, 5.74) is 0. The van der Waals surface area contributed by atoms with Gasteiger partial charge < -0.3 is 24.5 Å². The SMILES string of the molecule is CCNC(=NCC(C(C)C)N1CCOCC1)NCCCOCc1ccco1. The van der Waals surface area contributed by atoms with Gasteiger partial charge in [0.25, 0.3) is 0 Å². The maximum atomic E-state index is 5.62. The van der Waals surface area contributed by atoms with Gasteiger partial charge in [0.2, 0.25) is 0 Å². The molecule has 0 aliphatic carbocycles. The van der Waals surface area contributed by atoms with Crippen molar-refractivity contribution >= 4 is 5.96 Å². The maximum Gasteiger partial charge on any atom is 0.191 e. The van der Waals surface area contributed by atoms with E-state index in [1.807, 2.05) is 12.1 Å². The minimum Gasteiger partial charge on any atom is -0.467 e. The van der Waals surface area contributed by atoms with E-state index in [1.165, 1.54) is 0 Å². The van der Waals surface area contributed by atoms with Crippen molar-refractivity contribution in [3.63, 3.8) is 0 Å². The van der Waals surface area contributed by atoms with Crippen LogP contribution in [-0.4, -0.2) is 69.4 Å². The predicted octanol–water partition coefficient (Wildman–Crippen LogP) is 2.10. The van der Waals surface area contributed by atoms with E-state index in [9.17, 15) is 0 Å². The molecule has 0 amide bonds. The Kier molecular flexibility index (Phi) is 10.3. The molecule has 27 heavy (non-hydrogen) atoms. The Balaban J connectivity index is 1.71. The molecule has 0 spiro atoms. The third-order valence-electron chi connectivity index (χ3n) is 4.65. The van der Waals surface area contributed by atoms with Crippen LogP contribution in [0.1, 0.15) is 33.0 Å². The second kappa shape index (κ2) is 12.8. The molecule has 1 saturated heterocycles. The predicted molar refractivity (Wildman–Crippen MR) is 108 cm³/mol. The number of furan rings is 1. The van der Waals surface area contributed by atoms with Crippen molar-refractivity contribution in [2.24, 2.45) is 10.9 Å². The molecule has 7 nitrogen and oxygen atoms in total. The van der Waals surface area contributed by atoms with Crippen molar-refractivity contribution in [1.29, 1.82) is 0 Å². The van der Waals surface area contributed by atoms with E-state index in [4.69, 9.17) is 18.9 Å². The molecule has 2 heterocycles. The number of ether oxygens (including phenoxy) is 2. The fourth-order valence-corrected chi connectivity index (χ4v) is 3.13. The molecule has 1 atom stereocenters. The summed E-state index contributed by atoms with van der Waals surface area (Å²) in [4.78, 5) is 7.33. The van der Waals surface area contributed by atoms with E-state index in [1.54, 1.807) is 6.26 Å². The molecule has 2 rings (SSSR count). The molecule has 7 heteroatoms. The van der Waals surface area contributed by atoms with Gasteiger partial charge >= 0.3 is 0 Å². The van der Waals surface area contributed by atoms with Crippen LogP contribution in [0.3, 0.4) is 0 Å². The minimum atomic E-state index is 0.445.